The van der Waals surface area contributed by atoms with E-state index in [4.69, 9.17) is 0 Å². The van der Waals surface area contributed by atoms with Crippen molar-refractivity contribution in [1.29, 1.82) is 0 Å². The van der Waals surface area contributed by atoms with Crippen LogP contribution in [0.4, 0.5) is 0 Å². The number of hydrogen-bond acceptors (Lipinski definition) is 1. The second-order valence-electron chi connectivity index (χ2n) is 5.69. The summed E-state index contributed by atoms with van der Waals surface area (Å²) in [6, 6.07) is 0. The molecule has 2 aliphatic rings. The average Bonchev–Trinajstić information content (AvgIpc) is 2.69. The first-order valence-electron chi connectivity index (χ1n) is 8.48. The second-order valence-corrected chi connectivity index (χ2v) is 5.69. The van der Waals surface area contributed by atoms with Crippen LogP contribution in [0.25, 0.3) is 0 Å². The summed E-state index contributed by atoms with van der Waals surface area (Å²) in [6.45, 7) is 17.7. The second kappa shape index (κ2) is 8.79. The molecule has 19 heavy (non-hydrogen) atoms. The van der Waals surface area contributed by atoms with Gasteiger partial charge in [-0.25, -0.2) is 0 Å². The van der Waals surface area contributed by atoms with Gasteiger partial charge in [-0.2, -0.15) is 0 Å². The van der Waals surface area contributed by atoms with Crippen molar-refractivity contribution in [3.63, 3.8) is 0 Å². The summed E-state index contributed by atoms with van der Waals surface area (Å²) < 4.78 is 0. The lowest BCUT2D eigenvalue weighted by molar-refractivity contribution is 0.147. The van der Waals surface area contributed by atoms with E-state index in [2.05, 4.69) is 32.7 Å². The zero-order chi connectivity index (χ0) is 15.1. The summed E-state index contributed by atoms with van der Waals surface area (Å²) in [5.41, 5.74) is 4.11. The number of hydrogen-bond donors (Lipinski definition) is 0. The highest BCUT2D eigenvalue weighted by molar-refractivity contribution is 5.29. The largest absolute Gasteiger partial charge is 0.306 e. The molecule has 1 aliphatic heterocycles. The molecule has 1 aliphatic carbocycles. The zero-order valence-electron chi connectivity index (χ0n) is 14.8. The maximum Gasteiger partial charge on any atom is -0.00134 e. The highest BCUT2D eigenvalue weighted by Gasteiger charge is 2.42. The molecule has 114 valence electrons. The third-order valence-electron chi connectivity index (χ3n) is 4.89. The van der Waals surface area contributed by atoms with Gasteiger partial charge in [0.15, 0.2) is 0 Å². The number of nitrogens with zero attached hydrogens (tertiary/aromatic N) is 1. The van der Waals surface area contributed by atoms with E-state index < -0.39 is 0 Å². The topological polar surface area (TPSA) is 3.24 Å². The molecule has 1 unspecified atom stereocenters. The van der Waals surface area contributed by atoms with Crippen LogP contribution in [0.1, 0.15) is 74.1 Å². The fourth-order valence-electron chi connectivity index (χ4n) is 3.81. The monoisotopic (exact) mass is 267 g/mol. The van der Waals surface area contributed by atoms with E-state index in [0.717, 1.165) is 5.92 Å². The Labute approximate surface area is 122 Å². The third kappa shape index (κ3) is 4.08. The Balaban J connectivity index is 0.000000741. The standard InChI is InChI=1S/C14H25N.2C2H6/c1-5-13-11(2)10-14(12(13)3)6-8-15(4)9-7-14;2*1-2/h11H,5-10H2,1-4H3;2*1-2H3. The molecular formula is C18H37N. The van der Waals surface area contributed by atoms with Gasteiger partial charge < -0.3 is 4.90 Å². The Morgan fingerprint density at radius 2 is 1.58 bits per heavy atom. The molecule has 0 saturated carbocycles. The van der Waals surface area contributed by atoms with Gasteiger partial charge in [-0.15, -0.1) is 0 Å². The molecule has 0 amide bonds. The minimum absolute atomic E-state index is 0.595. The summed E-state index contributed by atoms with van der Waals surface area (Å²) in [7, 11) is 2.25. The molecule has 0 aromatic carbocycles. The Morgan fingerprint density at radius 3 is 1.95 bits per heavy atom. The van der Waals surface area contributed by atoms with E-state index >= 15 is 0 Å². The molecule has 1 heterocycles. The fraction of sp³-hybridized carbons (Fsp3) is 0.889. The van der Waals surface area contributed by atoms with Crippen molar-refractivity contribution < 1.29 is 0 Å². The van der Waals surface area contributed by atoms with Crippen molar-refractivity contribution in [1.82, 2.24) is 4.90 Å². The average molecular weight is 268 g/mol. The highest BCUT2D eigenvalue weighted by atomic mass is 15.1. The van der Waals surface area contributed by atoms with Crippen molar-refractivity contribution in [2.75, 3.05) is 20.1 Å². The molecule has 1 atom stereocenters. The predicted octanol–water partition coefficient (Wildman–Crippen LogP) is 5.52. The van der Waals surface area contributed by atoms with Gasteiger partial charge in [0.05, 0.1) is 0 Å². The van der Waals surface area contributed by atoms with Crippen molar-refractivity contribution in [2.45, 2.75) is 74.1 Å². The Kier molecular flexibility index (Phi) is 8.65. The van der Waals surface area contributed by atoms with E-state index in [1.165, 1.54) is 38.8 Å². The SMILES string of the molecule is CC.CC.CCC1=C(C)C2(CCN(C)CC2)CC1C. The molecule has 0 aromatic heterocycles. The highest BCUT2D eigenvalue weighted by Crippen LogP contribution is 2.52. The summed E-state index contributed by atoms with van der Waals surface area (Å²) in [4.78, 5) is 2.48. The van der Waals surface area contributed by atoms with Crippen molar-refractivity contribution in [3.8, 4) is 0 Å². The lowest BCUT2D eigenvalue weighted by Crippen LogP contribution is -2.37. The first-order chi connectivity index (χ1) is 9.09. The van der Waals surface area contributed by atoms with Crippen molar-refractivity contribution >= 4 is 0 Å². The third-order valence-corrected chi connectivity index (χ3v) is 4.89. The minimum Gasteiger partial charge on any atom is -0.306 e. The molecule has 0 N–H and O–H groups in total. The van der Waals surface area contributed by atoms with Crippen LogP contribution < -0.4 is 0 Å². The molecule has 1 saturated heterocycles. The molecule has 0 radical (unpaired) electrons. The summed E-state index contributed by atoms with van der Waals surface area (Å²) in [5.74, 6) is 0.846. The van der Waals surface area contributed by atoms with Crippen LogP contribution >= 0.6 is 0 Å². The van der Waals surface area contributed by atoms with Crippen LogP contribution in [0.15, 0.2) is 11.1 Å². The number of rotatable bonds is 1. The molecule has 0 aromatic rings. The Morgan fingerprint density at radius 1 is 1.11 bits per heavy atom. The van der Waals surface area contributed by atoms with E-state index in [1.807, 2.05) is 27.7 Å². The maximum absolute atomic E-state index is 2.48. The van der Waals surface area contributed by atoms with Gasteiger partial charge in [-0.1, -0.05) is 52.7 Å². The quantitative estimate of drug-likeness (QED) is 0.566. The number of piperidine rings is 1. The predicted molar refractivity (Wildman–Crippen MR) is 88.6 cm³/mol. The van der Waals surface area contributed by atoms with Gasteiger partial charge in [0.25, 0.3) is 0 Å². The molecular weight excluding hydrogens is 230 g/mol. The van der Waals surface area contributed by atoms with Crippen molar-refractivity contribution in [2.24, 2.45) is 11.3 Å². The molecule has 1 nitrogen and oxygen atoms in total. The minimum atomic E-state index is 0.595. The Hall–Kier alpha value is -0.300. The zero-order valence-corrected chi connectivity index (χ0v) is 14.8. The van der Waals surface area contributed by atoms with Crippen LogP contribution in [0, 0.1) is 11.3 Å². The lowest BCUT2D eigenvalue weighted by Gasteiger charge is -2.39. The van der Waals surface area contributed by atoms with Crippen LogP contribution in [0.5, 0.6) is 0 Å². The number of likely N-dealkylation sites (tertiary alicyclic amines) is 1. The van der Waals surface area contributed by atoms with E-state index in [9.17, 15) is 0 Å². The molecule has 2 rings (SSSR count). The molecule has 1 heteroatoms. The summed E-state index contributed by atoms with van der Waals surface area (Å²) in [6.07, 6.45) is 5.48. The molecule has 1 fully saturated rings. The van der Waals surface area contributed by atoms with Gasteiger partial charge in [-0.05, 0) is 64.1 Å². The summed E-state index contributed by atoms with van der Waals surface area (Å²) >= 11 is 0. The van der Waals surface area contributed by atoms with Gasteiger partial charge in [-0.3, -0.25) is 0 Å². The van der Waals surface area contributed by atoms with E-state index in [-0.39, 0.29) is 0 Å². The molecule has 0 bridgehead atoms. The van der Waals surface area contributed by atoms with E-state index in [0.29, 0.717) is 5.41 Å². The fourth-order valence-corrected chi connectivity index (χ4v) is 3.81. The van der Waals surface area contributed by atoms with Crippen LogP contribution in [0.3, 0.4) is 0 Å². The maximum atomic E-state index is 2.48. The van der Waals surface area contributed by atoms with Crippen LogP contribution in [0.2, 0.25) is 0 Å². The first kappa shape index (κ1) is 18.7. The summed E-state index contributed by atoms with van der Waals surface area (Å²) in [5, 5.41) is 0. The van der Waals surface area contributed by atoms with Gasteiger partial charge in [0.1, 0.15) is 0 Å². The first-order valence-corrected chi connectivity index (χ1v) is 8.48. The molecule has 1 spiro atoms. The smallest absolute Gasteiger partial charge is 0.00134 e. The Bertz CT molecular complexity index is 269. The normalized spacial score (nSPS) is 25.6. The van der Waals surface area contributed by atoms with Crippen LogP contribution in [-0.2, 0) is 0 Å². The van der Waals surface area contributed by atoms with Gasteiger partial charge in [0.2, 0.25) is 0 Å². The van der Waals surface area contributed by atoms with Crippen LogP contribution in [-0.4, -0.2) is 25.0 Å². The van der Waals surface area contributed by atoms with Gasteiger partial charge >= 0.3 is 0 Å². The van der Waals surface area contributed by atoms with Crippen molar-refractivity contribution in [3.05, 3.63) is 11.1 Å². The van der Waals surface area contributed by atoms with Gasteiger partial charge in [0, 0.05) is 0 Å². The lowest BCUT2D eigenvalue weighted by atomic mass is 9.73. The number of allylic oxidation sites excluding steroid dienone is 2. The van der Waals surface area contributed by atoms with E-state index in [1.54, 1.807) is 11.1 Å².